The van der Waals surface area contributed by atoms with Gasteiger partial charge in [-0.15, -0.1) is 0 Å². The number of rotatable bonds is 5. The van der Waals surface area contributed by atoms with E-state index in [9.17, 15) is 9.59 Å². The highest BCUT2D eigenvalue weighted by Gasteiger charge is 2.36. The molecule has 0 amide bonds. The maximum atomic E-state index is 12.6. The fraction of sp³-hybridized carbons (Fsp3) is 0.238. The van der Waals surface area contributed by atoms with Gasteiger partial charge in [0.2, 0.25) is 6.29 Å². The highest BCUT2D eigenvalue weighted by Crippen LogP contribution is 2.33. The Morgan fingerprint density at radius 2 is 1.62 bits per heavy atom. The molecule has 5 heteroatoms. The predicted molar refractivity (Wildman–Crippen MR) is 95.6 cm³/mol. The summed E-state index contributed by atoms with van der Waals surface area (Å²) >= 11 is 0. The summed E-state index contributed by atoms with van der Waals surface area (Å²) in [5.41, 5.74) is 1.89. The number of ether oxygens (including phenoxy) is 3. The van der Waals surface area contributed by atoms with E-state index in [2.05, 4.69) is 0 Å². The molecule has 5 nitrogen and oxygen atoms in total. The SMILES string of the molecule is CCOC(=O)O[C@H]1C=CC(=O)[C@H](C(c2ccccc2)c2ccccc2)O1. The van der Waals surface area contributed by atoms with Crippen LogP contribution >= 0.6 is 0 Å². The van der Waals surface area contributed by atoms with Crippen LogP contribution in [-0.4, -0.2) is 30.9 Å². The van der Waals surface area contributed by atoms with E-state index < -0.39 is 18.5 Å². The van der Waals surface area contributed by atoms with Crippen molar-refractivity contribution >= 4 is 11.9 Å². The molecule has 0 saturated carbocycles. The third-order valence-corrected chi connectivity index (χ3v) is 4.07. The maximum Gasteiger partial charge on any atom is 0.510 e. The van der Waals surface area contributed by atoms with Crippen molar-refractivity contribution in [2.45, 2.75) is 25.2 Å². The maximum absolute atomic E-state index is 12.6. The fourth-order valence-electron chi connectivity index (χ4n) is 2.94. The van der Waals surface area contributed by atoms with Crippen molar-refractivity contribution in [2.75, 3.05) is 6.61 Å². The first kappa shape index (κ1) is 17.9. The van der Waals surface area contributed by atoms with E-state index in [1.54, 1.807) is 6.92 Å². The number of carbonyl (C=O) groups is 2. The van der Waals surface area contributed by atoms with Gasteiger partial charge in [-0.25, -0.2) is 4.79 Å². The van der Waals surface area contributed by atoms with Gasteiger partial charge in [0.25, 0.3) is 0 Å². The summed E-state index contributed by atoms with van der Waals surface area (Å²) in [6, 6.07) is 19.3. The van der Waals surface area contributed by atoms with E-state index in [-0.39, 0.29) is 18.3 Å². The van der Waals surface area contributed by atoms with Gasteiger partial charge in [-0.2, -0.15) is 0 Å². The third kappa shape index (κ3) is 4.18. The van der Waals surface area contributed by atoms with Gasteiger partial charge in [0.15, 0.2) is 5.78 Å². The van der Waals surface area contributed by atoms with Crippen LogP contribution in [0.1, 0.15) is 24.0 Å². The van der Waals surface area contributed by atoms with Crippen LogP contribution in [0.5, 0.6) is 0 Å². The standard InChI is InChI=1S/C21H20O5/c1-2-24-21(23)26-18-14-13-17(22)20(25-18)19(15-9-5-3-6-10-15)16-11-7-4-8-12-16/h3-14,18-20H,2H2,1H3/t18-,20+/m0/s1. The molecular formula is C21H20O5. The lowest BCUT2D eigenvalue weighted by Gasteiger charge is -2.31. The Bertz CT molecular complexity index is 730. The first-order valence-corrected chi connectivity index (χ1v) is 8.50. The number of benzene rings is 2. The van der Waals surface area contributed by atoms with E-state index in [1.807, 2.05) is 60.7 Å². The van der Waals surface area contributed by atoms with Crippen molar-refractivity contribution < 1.29 is 23.8 Å². The van der Waals surface area contributed by atoms with Crippen LogP contribution in [0.15, 0.2) is 72.8 Å². The minimum Gasteiger partial charge on any atom is -0.435 e. The van der Waals surface area contributed by atoms with Gasteiger partial charge in [-0.1, -0.05) is 60.7 Å². The smallest absolute Gasteiger partial charge is 0.435 e. The highest BCUT2D eigenvalue weighted by molar-refractivity contribution is 5.95. The Morgan fingerprint density at radius 1 is 1.04 bits per heavy atom. The lowest BCUT2D eigenvalue weighted by atomic mass is 9.84. The monoisotopic (exact) mass is 352 g/mol. The predicted octanol–water partition coefficient (Wildman–Crippen LogP) is 3.84. The lowest BCUT2D eigenvalue weighted by molar-refractivity contribution is -0.155. The van der Waals surface area contributed by atoms with Crippen LogP contribution in [0.2, 0.25) is 0 Å². The molecule has 134 valence electrons. The van der Waals surface area contributed by atoms with E-state index in [0.29, 0.717) is 0 Å². The van der Waals surface area contributed by atoms with Crippen LogP contribution in [-0.2, 0) is 19.0 Å². The Morgan fingerprint density at radius 3 is 2.15 bits per heavy atom. The first-order chi connectivity index (χ1) is 12.7. The summed E-state index contributed by atoms with van der Waals surface area (Å²) in [6.45, 7) is 1.89. The summed E-state index contributed by atoms with van der Waals surface area (Å²) in [6.07, 6.45) is 0.224. The van der Waals surface area contributed by atoms with Gasteiger partial charge < -0.3 is 14.2 Å². The molecule has 26 heavy (non-hydrogen) atoms. The van der Waals surface area contributed by atoms with E-state index in [4.69, 9.17) is 14.2 Å². The molecule has 0 N–H and O–H groups in total. The molecule has 0 aliphatic carbocycles. The van der Waals surface area contributed by atoms with E-state index in [1.165, 1.54) is 12.2 Å². The van der Waals surface area contributed by atoms with Crippen LogP contribution in [0, 0.1) is 0 Å². The zero-order valence-corrected chi connectivity index (χ0v) is 14.4. The highest BCUT2D eigenvalue weighted by atomic mass is 16.8. The Labute approximate surface area is 152 Å². The van der Waals surface area contributed by atoms with E-state index in [0.717, 1.165) is 11.1 Å². The number of hydrogen-bond donors (Lipinski definition) is 0. The molecule has 0 aromatic heterocycles. The second kappa shape index (κ2) is 8.45. The van der Waals surface area contributed by atoms with Gasteiger partial charge >= 0.3 is 6.16 Å². The van der Waals surface area contributed by atoms with Crippen molar-refractivity contribution in [3.63, 3.8) is 0 Å². The van der Waals surface area contributed by atoms with E-state index >= 15 is 0 Å². The van der Waals surface area contributed by atoms with Crippen molar-refractivity contribution in [1.82, 2.24) is 0 Å². The molecule has 2 atom stereocenters. The Hall–Kier alpha value is -2.92. The Kier molecular flexibility index (Phi) is 5.81. The molecule has 0 unspecified atom stereocenters. The van der Waals surface area contributed by atoms with Crippen molar-refractivity contribution in [3.8, 4) is 0 Å². The third-order valence-electron chi connectivity index (χ3n) is 4.07. The lowest BCUT2D eigenvalue weighted by Crippen LogP contribution is -2.39. The molecule has 0 spiro atoms. The molecule has 2 aromatic rings. The average Bonchev–Trinajstić information content (AvgIpc) is 2.66. The van der Waals surface area contributed by atoms with Gasteiger partial charge in [0.05, 0.1) is 6.61 Å². The summed E-state index contributed by atoms with van der Waals surface area (Å²) in [5, 5.41) is 0. The van der Waals surface area contributed by atoms with Gasteiger partial charge in [-0.05, 0) is 30.2 Å². The largest absolute Gasteiger partial charge is 0.510 e. The molecule has 3 rings (SSSR count). The molecule has 2 aromatic carbocycles. The average molecular weight is 352 g/mol. The molecule has 1 heterocycles. The normalized spacial score (nSPS) is 19.4. The minimum absolute atomic E-state index is 0.175. The fourth-order valence-corrected chi connectivity index (χ4v) is 2.94. The topological polar surface area (TPSA) is 61.8 Å². The number of ketones is 1. The molecule has 0 fully saturated rings. The molecule has 1 aliphatic rings. The van der Waals surface area contributed by atoms with Crippen molar-refractivity contribution in [1.29, 1.82) is 0 Å². The first-order valence-electron chi connectivity index (χ1n) is 8.50. The summed E-state index contributed by atoms with van der Waals surface area (Å²) in [5.74, 6) is -0.491. The quantitative estimate of drug-likeness (QED) is 0.765. The summed E-state index contributed by atoms with van der Waals surface area (Å²) < 4.78 is 15.7. The summed E-state index contributed by atoms with van der Waals surface area (Å²) in [7, 11) is 0. The van der Waals surface area contributed by atoms with Gasteiger partial charge in [0.1, 0.15) is 6.10 Å². The molecule has 1 aliphatic heterocycles. The second-order valence-electron chi connectivity index (χ2n) is 5.79. The zero-order valence-electron chi connectivity index (χ0n) is 14.4. The van der Waals surface area contributed by atoms with Crippen LogP contribution in [0.4, 0.5) is 4.79 Å². The zero-order chi connectivity index (χ0) is 18.4. The van der Waals surface area contributed by atoms with Crippen LogP contribution in [0.25, 0.3) is 0 Å². The number of carbonyl (C=O) groups excluding carboxylic acids is 2. The van der Waals surface area contributed by atoms with Gasteiger partial charge in [0, 0.05) is 5.92 Å². The molecule has 0 radical (unpaired) electrons. The molecule has 0 saturated heterocycles. The van der Waals surface area contributed by atoms with Gasteiger partial charge in [-0.3, -0.25) is 4.79 Å². The Balaban J connectivity index is 1.90. The number of hydrogen-bond acceptors (Lipinski definition) is 5. The summed E-state index contributed by atoms with van der Waals surface area (Å²) in [4.78, 5) is 24.1. The molecular weight excluding hydrogens is 332 g/mol. The van der Waals surface area contributed by atoms with Crippen LogP contribution < -0.4 is 0 Å². The van der Waals surface area contributed by atoms with Crippen molar-refractivity contribution in [2.24, 2.45) is 0 Å². The second-order valence-corrected chi connectivity index (χ2v) is 5.79. The van der Waals surface area contributed by atoms with Crippen LogP contribution in [0.3, 0.4) is 0 Å². The van der Waals surface area contributed by atoms with Crippen molar-refractivity contribution in [3.05, 3.63) is 83.9 Å². The minimum atomic E-state index is -0.966. The molecule has 0 bridgehead atoms.